The summed E-state index contributed by atoms with van der Waals surface area (Å²) in [6, 6.07) is 6.34. The van der Waals surface area contributed by atoms with Gasteiger partial charge < -0.3 is 9.84 Å². The first kappa shape index (κ1) is 12.9. The second-order valence-electron chi connectivity index (χ2n) is 5.69. The van der Waals surface area contributed by atoms with Crippen LogP contribution in [0.5, 0.6) is 5.75 Å². The molecular weight excluding hydrogens is 238 g/mol. The van der Waals surface area contributed by atoms with Crippen LogP contribution >= 0.6 is 0 Å². The molecule has 1 fully saturated rings. The van der Waals surface area contributed by atoms with Crippen LogP contribution < -0.4 is 0 Å². The Labute approximate surface area is 115 Å². The maximum atomic E-state index is 9.76. The van der Waals surface area contributed by atoms with Gasteiger partial charge in [-0.3, -0.25) is 4.90 Å². The van der Waals surface area contributed by atoms with E-state index in [1.54, 1.807) is 0 Å². The number of morpholine rings is 1. The summed E-state index contributed by atoms with van der Waals surface area (Å²) in [7, 11) is 0. The SMILES string of the molecule is CCC1CN(C2CCCc3ccc(O)cc32)CCO1. The molecule has 1 aliphatic carbocycles. The largest absolute Gasteiger partial charge is 0.508 e. The molecule has 3 rings (SSSR count). The predicted octanol–water partition coefficient (Wildman–Crippen LogP) is 2.88. The van der Waals surface area contributed by atoms with Crippen molar-refractivity contribution in [3.8, 4) is 5.75 Å². The predicted molar refractivity (Wildman–Crippen MR) is 75.4 cm³/mol. The van der Waals surface area contributed by atoms with E-state index in [2.05, 4.69) is 17.9 Å². The fourth-order valence-electron chi connectivity index (χ4n) is 3.41. The van der Waals surface area contributed by atoms with E-state index in [-0.39, 0.29) is 0 Å². The molecule has 1 heterocycles. The zero-order valence-electron chi connectivity index (χ0n) is 11.6. The van der Waals surface area contributed by atoms with Crippen molar-refractivity contribution >= 4 is 0 Å². The minimum absolute atomic E-state index is 0.372. The van der Waals surface area contributed by atoms with Gasteiger partial charge >= 0.3 is 0 Å². The fraction of sp³-hybridized carbons (Fsp3) is 0.625. The molecule has 104 valence electrons. The first-order valence-corrected chi connectivity index (χ1v) is 7.45. The number of ether oxygens (including phenoxy) is 1. The molecule has 1 saturated heterocycles. The van der Waals surface area contributed by atoms with Crippen LogP contribution in [-0.2, 0) is 11.2 Å². The van der Waals surface area contributed by atoms with Gasteiger partial charge in [0.25, 0.3) is 0 Å². The molecule has 3 nitrogen and oxygen atoms in total. The summed E-state index contributed by atoms with van der Waals surface area (Å²) in [5, 5.41) is 9.76. The smallest absolute Gasteiger partial charge is 0.115 e. The third-order valence-electron chi connectivity index (χ3n) is 4.48. The minimum Gasteiger partial charge on any atom is -0.508 e. The number of nitrogens with zero attached hydrogens (tertiary/aromatic N) is 1. The van der Waals surface area contributed by atoms with Gasteiger partial charge in [0.15, 0.2) is 0 Å². The summed E-state index contributed by atoms with van der Waals surface area (Å²) >= 11 is 0. The summed E-state index contributed by atoms with van der Waals surface area (Å²) in [4.78, 5) is 2.55. The summed E-state index contributed by atoms with van der Waals surface area (Å²) in [6.07, 6.45) is 5.05. The second-order valence-corrected chi connectivity index (χ2v) is 5.69. The molecule has 19 heavy (non-hydrogen) atoms. The zero-order valence-corrected chi connectivity index (χ0v) is 11.6. The van der Waals surface area contributed by atoms with Crippen molar-refractivity contribution in [2.24, 2.45) is 0 Å². The molecule has 1 aromatic rings. The number of fused-ring (bicyclic) bond motifs is 1. The lowest BCUT2D eigenvalue weighted by atomic mass is 9.86. The number of rotatable bonds is 2. The van der Waals surface area contributed by atoms with Gasteiger partial charge in [-0.2, -0.15) is 0 Å². The number of aromatic hydroxyl groups is 1. The fourth-order valence-corrected chi connectivity index (χ4v) is 3.41. The van der Waals surface area contributed by atoms with E-state index in [1.165, 1.54) is 24.0 Å². The third kappa shape index (κ3) is 2.63. The van der Waals surface area contributed by atoms with Crippen LogP contribution in [0.3, 0.4) is 0 Å². The Kier molecular flexibility index (Phi) is 3.76. The van der Waals surface area contributed by atoms with Crippen LogP contribution in [0, 0.1) is 0 Å². The van der Waals surface area contributed by atoms with E-state index in [9.17, 15) is 5.11 Å². The van der Waals surface area contributed by atoms with Gasteiger partial charge in [-0.15, -0.1) is 0 Å². The molecule has 2 atom stereocenters. The lowest BCUT2D eigenvalue weighted by molar-refractivity contribution is -0.0472. The zero-order chi connectivity index (χ0) is 13.2. The highest BCUT2D eigenvalue weighted by atomic mass is 16.5. The molecule has 0 amide bonds. The molecular formula is C16H23NO2. The highest BCUT2D eigenvalue weighted by molar-refractivity contribution is 5.38. The Bertz CT molecular complexity index is 446. The van der Waals surface area contributed by atoms with Crippen LogP contribution in [0.4, 0.5) is 0 Å². The number of hydrogen-bond acceptors (Lipinski definition) is 3. The van der Waals surface area contributed by atoms with Crippen LogP contribution in [0.1, 0.15) is 43.4 Å². The normalized spacial score (nSPS) is 28.1. The minimum atomic E-state index is 0.372. The molecule has 1 aromatic carbocycles. The van der Waals surface area contributed by atoms with Crippen LogP contribution in [0.15, 0.2) is 18.2 Å². The first-order valence-electron chi connectivity index (χ1n) is 7.45. The van der Waals surface area contributed by atoms with Crippen molar-refractivity contribution in [3.05, 3.63) is 29.3 Å². The Balaban J connectivity index is 1.84. The average Bonchev–Trinajstić information content (AvgIpc) is 2.46. The van der Waals surface area contributed by atoms with E-state index in [0.29, 0.717) is 17.9 Å². The number of phenolic OH excluding ortho intramolecular Hbond substituents is 1. The quantitative estimate of drug-likeness (QED) is 0.888. The van der Waals surface area contributed by atoms with Crippen LogP contribution in [0.2, 0.25) is 0 Å². The second kappa shape index (κ2) is 5.51. The monoisotopic (exact) mass is 261 g/mol. The highest BCUT2D eigenvalue weighted by Gasteiger charge is 2.30. The van der Waals surface area contributed by atoms with Crippen molar-refractivity contribution in [1.82, 2.24) is 4.90 Å². The van der Waals surface area contributed by atoms with E-state index in [0.717, 1.165) is 32.5 Å². The lowest BCUT2D eigenvalue weighted by Crippen LogP contribution is -2.44. The maximum absolute atomic E-state index is 9.76. The Morgan fingerprint density at radius 1 is 1.42 bits per heavy atom. The Morgan fingerprint density at radius 2 is 2.32 bits per heavy atom. The number of benzene rings is 1. The standard InChI is InChI=1S/C16H23NO2/c1-2-14-11-17(8-9-19-14)16-5-3-4-12-6-7-13(18)10-15(12)16/h6-7,10,14,16,18H,2-5,8-9,11H2,1H3. The van der Waals surface area contributed by atoms with Gasteiger partial charge in [-0.05, 0) is 48.9 Å². The summed E-state index contributed by atoms with van der Waals surface area (Å²) < 4.78 is 5.77. The first-order chi connectivity index (χ1) is 9.28. The molecule has 0 bridgehead atoms. The van der Waals surface area contributed by atoms with Gasteiger partial charge in [-0.25, -0.2) is 0 Å². The van der Waals surface area contributed by atoms with E-state index < -0.39 is 0 Å². The van der Waals surface area contributed by atoms with Gasteiger partial charge in [-0.1, -0.05) is 13.0 Å². The van der Waals surface area contributed by atoms with Gasteiger partial charge in [0.2, 0.25) is 0 Å². The molecule has 3 heteroatoms. The summed E-state index contributed by atoms with van der Waals surface area (Å²) in [5.41, 5.74) is 2.75. The number of phenols is 1. The molecule has 2 unspecified atom stereocenters. The molecule has 0 aromatic heterocycles. The Hall–Kier alpha value is -1.06. The van der Waals surface area contributed by atoms with Crippen LogP contribution in [0.25, 0.3) is 0 Å². The maximum Gasteiger partial charge on any atom is 0.115 e. The summed E-state index contributed by atoms with van der Waals surface area (Å²) in [5.74, 6) is 0.394. The van der Waals surface area contributed by atoms with Crippen molar-refractivity contribution in [1.29, 1.82) is 0 Å². The van der Waals surface area contributed by atoms with Gasteiger partial charge in [0.1, 0.15) is 5.75 Å². The average molecular weight is 261 g/mol. The molecule has 2 aliphatic rings. The van der Waals surface area contributed by atoms with E-state index >= 15 is 0 Å². The molecule has 0 spiro atoms. The lowest BCUT2D eigenvalue weighted by Gasteiger charge is -2.40. The summed E-state index contributed by atoms with van der Waals surface area (Å²) in [6.45, 7) is 5.06. The van der Waals surface area contributed by atoms with Crippen molar-refractivity contribution < 1.29 is 9.84 Å². The number of hydrogen-bond donors (Lipinski definition) is 1. The van der Waals surface area contributed by atoms with Crippen molar-refractivity contribution in [2.75, 3.05) is 19.7 Å². The number of aryl methyl sites for hydroxylation is 1. The van der Waals surface area contributed by atoms with Gasteiger partial charge in [0, 0.05) is 19.1 Å². The third-order valence-corrected chi connectivity index (χ3v) is 4.48. The van der Waals surface area contributed by atoms with E-state index in [4.69, 9.17) is 4.74 Å². The molecule has 1 N–H and O–H groups in total. The topological polar surface area (TPSA) is 32.7 Å². The Morgan fingerprint density at radius 3 is 3.16 bits per heavy atom. The van der Waals surface area contributed by atoms with E-state index in [1.807, 2.05) is 12.1 Å². The molecule has 1 aliphatic heterocycles. The van der Waals surface area contributed by atoms with Crippen LogP contribution in [-0.4, -0.2) is 35.8 Å². The molecule has 0 saturated carbocycles. The van der Waals surface area contributed by atoms with Gasteiger partial charge in [0.05, 0.1) is 12.7 Å². The van der Waals surface area contributed by atoms with Crippen molar-refractivity contribution in [3.63, 3.8) is 0 Å². The van der Waals surface area contributed by atoms with Crippen molar-refractivity contribution in [2.45, 2.75) is 44.8 Å². The highest BCUT2D eigenvalue weighted by Crippen LogP contribution is 2.36. The molecule has 0 radical (unpaired) electrons.